The highest BCUT2D eigenvalue weighted by atomic mass is 35.5. The van der Waals surface area contributed by atoms with Crippen molar-refractivity contribution in [1.29, 1.82) is 0 Å². The molecule has 0 saturated carbocycles. The van der Waals surface area contributed by atoms with Crippen molar-refractivity contribution < 1.29 is 17.9 Å². The molecule has 1 atom stereocenters. The molecule has 2 rings (SSSR count). The van der Waals surface area contributed by atoms with Crippen molar-refractivity contribution in [3.05, 3.63) is 17.0 Å². The summed E-state index contributed by atoms with van der Waals surface area (Å²) in [6.45, 7) is 1.37. The predicted octanol–water partition coefficient (Wildman–Crippen LogP) is 0.00710. The molecule has 0 aromatic carbocycles. The number of hydrogen-bond acceptors (Lipinski definition) is 6. The first-order chi connectivity index (χ1) is 9.45. The highest BCUT2D eigenvalue weighted by Gasteiger charge is 2.31. The fourth-order valence-electron chi connectivity index (χ4n) is 1.98. The molecule has 1 amide bonds. The molecule has 2 heterocycles. The predicted molar refractivity (Wildman–Crippen MR) is 82.3 cm³/mol. The van der Waals surface area contributed by atoms with E-state index in [1.54, 1.807) is 0 Å². The van der Waals surface area contributed by atoms with Gasteiger partial charge in [-0.1, -0.05) is 0 Å². The van der Waals surface area contributed by atoms with E-state index in [2.05, 4.69) is 0 Å². The van der Waals surface area contributed by atoms with Crippen LogP contribution in [-0.2, 0) is 14.8 Å². The van der Waals surface area contributed by atoms with E-state index in [1.165, 1.54) is 15.8 Å². The Kier molecular flexibility index (Phi) is 6.57. The average Bonchev–Trinajstić information content (AvgIpc) is 2.90. The SMILES string of the molecule is Cl.NCCC1CN(S(=O)(=O)c2cc(C(N)=O)cs2)CCO1. The van der Waals surface area contributed by atoms with E-state index in [0.717, 1.165) is 11.3 Å². The Balaban J connectivity index is 0.00000220. The Morgan fingerprint density at radius 3 is 2.81 bits per heavy atom. The molecular formula is C11H18ClN3O4S2. The summed E-state index contributed by atoms with van der Waals surface area (Å²) in [7, 11) is -3.60. The van der Waals surface area contributed by atoms with Crippen LogP contribution in [0.15, 0.2) is 15.7 Å². The van der Waals surface area contributed by atoms with Crippen molar-refractivity contribution in [2.75, 3.05) is 26.2 Å². The standard InChI is InChI=1S/C11H17N3O4S2.ClH/c12-2-1-9-6-14(3-4-18-9)20(16,17)10-5-8(7-19-10)11(13)15;/h5,7,9H,1-4,6,12H2,(H2,13,15);1H. The van der Waals surface area contributed by atoms with Crippen LogP contribution >= 0.6 is 23.7 Å². The van der Waals surface area contributed by atoms with Crippen LogP contribution in [0.4, 0.5) is 0 Å². The maximum absolute atomic E-state index is 12.5. The van der Waals surface area contributed by atoms with E-state index >= 15 is 0 Å². The van der Waals surface area contributed by atoms with Gasteiger partial charge >= 0.3 is 0 Å². The van der Waals surface area contributed by atoms with Gasteiger partial charge in [0.2, 0.25) is 5.91 Å². The number of primary amides is 1. The quantitative estimate of drug-likeness (QED) is 0.771. The Morgan fingerprint density at radius 2 is 2.24 bits per heavy atom. The number of nitrogens with zero attached hydrogens (tertiary/aromatic N) is 1. The first kappa shape index (κ1) is 18.3. The number of nitrogens with two attached hydrogens (primary N) is 2. The summed E-state index contributed by atoms with van der Waals surface area (Å²) in [4.78, 5) is 11.0. The van der Waals surface area contributed by atoms with Crippen molar-refractivity contribution in [3.63, 3.8) is 0 Å². The van der Waals surface area contributed by atoms with Gasteiger partial charge < -0.3 is 16.2 Å². The molecule has 1 unspecified atom stereocenters. The van der Waals surface area contributed by atoms with Crippen LogP contribution in [-0.4, -0.2) is 51.0 Å². The molecule has 7 nitrogen and oxygen atoms in total. The fourth-order valence-corrected chi connectivity index (χ4v) is 4.76. The molecule has 4 N–H and O–H groups in total. The number of carbonyl (C=O) groups excluding carboxylic acids is 1. The van der Waals surface area contributed by atoms with E-state index < -0.39 is 15.9 Å². The molecule has 0 aliphatic carbocycles. The fraction of sp³-hybridized carbons (Fsp3) is 0.545. The molecule has 1 aromatic heterocycles. The van der Waals surface area contributed by atoms with Crippen molar-refractivity contribution in [3.8, 4) is 0 Å². The monoisotopic (exact) mass is 355 g/mol. The normalized spacial score (nSPS) is 20.0. The molecule has 0 spiro atoms. The Morgan fingerprint density at radius 1 is 1.52 bits per heavy atom. The summed E-state index contributed by atoms with van der Waals surface area (Å²) >= 11 is 0.997. The maximum Gasteiger partial charge on any atom is 0.252 e. The van der Waals surface area contributed by atoms with Crippen LogP contribution in [0.25, 0.3) is 0 Å². The second-order valence-electron chi connectivity index (χ2n) is 4.45. The van der Waals surface area contributed by atoms with Gasteiger partial charge in [0.25, 0.3) is 10.0 Å². The highest BCUT2D eigenvalue weighted by molar-refractivity contribution is 7.91. The molecule has 1 aliphatic rings. The third-order valence-corrected chi connectivity index (χ3v) is 6.32. The molecule has 0 bridgehead atoms. The highest BCUT2D eigenvalue weighted by Crippen LogP contribution is 2.25. The van der Waals surface area contributed by atoms with Gasteiger partial charge in [-0.2, -0.15) is 4.31 Å². The number of carbonyl (C=O) groups is 1. The molecule has 120 valence electrons. The van der Waals surface area contributed by atoms with E-state index in [4.69, 9.17) is 16.2 Å². The van der Waals surface area contributed by atoms with Crippen LogP contribution in [0.2, 0.25) is 0 Å². The second kappa shape index (κ2) is 7.52. The van der Waals surface area contributed by atoms with Crippen molar-refractivity contribution >= 4 is 39.7 Å². The first-order valence-electron chi connectivity index (χ1n) is 6.15. The molecule has 1 saturated heterocycles. The van der Waals surface area contributed by atoms with Crippen LogP contribution in [0, 0.1) is 0 Å². The number of halogens is 1. The number of thiophene rings is 1. The second-order valence-corrected chi connectivity index (χ2v) is 7.53. The number of ether oxygens (including phenoxy) is 1. The molecule has 21 heavy (non-hydrogen) atoms. The lowest BCUT2D eigenvalue weighted by atomic mass is 10.2. The number of amides is 1. The van der Waals surface area contributed by atoms with E-state index in [-0.39, 0.29) is 34.8 Å². The van der Waals surface area contributed by atoms with Gasteiger partial charge in [-0.05, 0) is 19.0 Å². The topological polar surface area (TPSA) is 116 Å². The summed E-state index contributed by atoms with van der Waals surface area (Å²) in [5.41, 5.74) is 10.8. The van der Waals surface area contributed by atoms with E-state index in [9.17, 15) is 13.2 Å². The summed E-state index contributed by atoms with van der Waals surface area (Å²) < 4.78 is 31.9. The third kappa shape index (κ3) is 4.15. The molecule has 0 radical (unpaired) electrons. The summed E-state index contributed by atoms with van der Waals surface area (Å²) in [5.74, 6) is -0.634. The van der Waals surface area contributed by atoms with Gasteiger partial charge in [0.1, 0.15) is 4.21 Å². The van der Waals surface area contributed by atoms with Crippen LogP contribution in [0.3, 0.4) is 0 Å². The van der Waals surface area contributed by atoms with Crippen LogP contribution in [0.5, 0.6) is 0 Å². The minimum absolute atomic E-state index is 0. The molecule has 1 fully saturated rings. The molecule has 1 aliphatic heterocycles. The largest absolute Gasteiger partial charge is 0.375 e. The molecule has 10 heteroatoms. The molecular weight excluding hydrogens is 338 g/mol. The number of morpholine rings is 1. The van der Waals surface area contributed by atoms with Gasteiger partial charge in [-0.3, -0.25) is 4.79 Å². The number of hydrogen-bond donors (Lipinski definition) is 2. The minimum atomic E-state index is -3.60. The number of rotatable bonds is 5. The molecule has 1 aromatic rings. The Labute approximate surface area is 133 Å². The zero-order valence-electron chi connectivity index (χ0n) is 11.2. The minimum Gasteiger partial charge on any atom is -0.375 e. The van der Waals surface area contributed by atoms with E-state index in [1.807, 2.05) is 0 Å². The Hall–Kier alpha value is -0.710. The smallest absolute Gasteiger partial charge is 0.252 e. The van der Waals surface area contributed by atoms with Crippen molar-refractivity contribution in [1.82, 2.24) is 4.31 Å². The first-order valence-corrected chi connectivity index (χ1v) is 8.47. The zero-order valence-corrected chi connectivity index (χ0v) is 13.7. The van der Waals surface area contributed by atoms with Crippen molar-refractivity contribution in [2.24, 2.45) is 11.5 Å². The van der Waals surface area contributed by atoms with E-state index in [0.29, 0.717) is 26.1 Å². The van der Waals surface area contributed by atoms with Crippen LogP contribution in [0.1, 0.15) is 16.8 Å². The third-order valence-electron chi connectivity index (χ3n) is 3.04. The maximum atomic E-state index is 12.5. The number of sulfonamides is 1. The average molecular weight is 356 g/mol. The van der Waals surface area contributed by atoms with Gasteiger partial charge in [0.15, 0.2) is 0 Å². The lowest BCUT2D eigenvalue weighted by Crippen LogP contribution is -2.45. The van der Waals surface area contributed by atoms with Crippen LogP contribution < -0.4 is 11.5 Å². The summed E-state index contributed by atoms with van der Waals surface area (Å²) in [5, 5.41) is 1.45. The van der Waals surface area contributed by atoms with Gasteiger partial charge in [0.05, 0.1) is 18.3 Å². The van der Waals surface area contributed by atoms with Gasteiger partial charge in [-0.25, -0.2) is 8.42 Å². The van der Waals surface area contributed by atoms with Gasteiger partial charge in [0, 0.05) is 18.5 Å². The van der Waals surface area contributed by atoms with Gasteiger partial charge in [-0.15, -0.1) is 23.7 Å². The summed E-state index contributed by atoms with van der Waals surface area (Å²) in [6, 6.07) is 1.32. The Bertz CT molecular complexity index is 588. The lowest BCUT2D eigenvalue weighted by molar-refractivity contribution is -0.00400. The lowest BCUT2D eigenvalue weighted by Gasteiger charge is -2.31. The van der Waals surface area contributed by atoms with Crippen molar-refractivity contribution in [2.45, 2.75) is 16.7 Å². The zero-order chi connectivity index (χ0) is 14.8. The summed E-state index contributed by atoms with van der Waals surface area (Å²) in [6.07, 6.45) is 0.433.